The van der Waals surface area contributed by atoms with Crippen LogP contribution in [0.15, 0.2) is 48.5 Å². The number of carbonyl (C=O) groups is 1. The van der Waals surface area contributed by atoms with E-state index in [0.29, 0.717) is 6.42 Å². The smallest absolute Gasteiger partial charge is 0.224 e. The third-order valence-electron chi connectivity index (χ3n) is 5.67. The van der Waals surface area contributed by atoms with Gasteiger partial charge in [0.25, 0.3) is 0 Å². The number of hydrogen-bond acceptors (Lipinski definition) is 6. The van der Waals surface area contributed by atoms with Gasteiger partial charge in [-0.15, -0.1) is 0 Å². The van der Waals surface area contributed by atoms with E-state index in [2.05, 4.69) is 26.5 Å². The molecule has 7 nitrogen and oxygen atoms in total. The van der Waals surface area contributed by atoms with E-state index < -0.39 is 0 Å². The number of ether oxygens (including phenoxy) is 2. The average molecular weight is 396 g/mol. The standard InChI is InChI=1S/C22H28N4O3/c1-28-19-9-5-3-7-16(19)17-15-21(27)24-22(23-17)26-13-11-25(12-14-26)18-8-4-6-10-20(18)29-2/h3-10,17,22-23H,11-15H2,1-2H3,(H,24,27). The van der Waals surface area contributed by atoms with Crippen LogP contribution in [-0.2, 0) is 4.79 Å². The van der Waals surface area contributed by atoms with Crippen LogP contribution in [0.5, 0.6) is 11.5 Å². The predicted octanol–water partition coefficient (Wildman–Crippen LogP) is 1.96. The van der Waals surface area contributed by atoms with Gasteiger partial charge in [0.05, 0.1) is 19.9 Å². The van der Waals surface area contributed by atoms with Crippen LogP contribution < -0.4 is 25.0 Å². The van der Waals surface area contributed by atoms with Gasteiger partial charge in [-0.1, -0.05) is 30.3 Å². The molecule has 2 aliphatic heterocycles. The number of piperazine rings is 1. The predicted molar refractivity (Wildman–Crippen MR) is 112 cm³/mol. The first-order chi connectivity index (χ1) is 14.2. The van der Waals surface area contributed by atoms with Gasteiger partial charge in [-0.2, -0.15) is 0 Å². The molecule has 0 bridgehead atoms. The van der Waals surface area contributed by atoms with Crippen LogP contribution in [0.2, 0.25) is 0 Å². The summed E-state index contributed by atoms with van der Waals surface area (Å²) in [5, 5.41) is 6.68. The molecule has 2 heterocycles. The summed E-state index contributed by atoms with van der Waals surface area (Å²) in [5.41, 5.74) is 2.13. The maximum Gasteiger partial charge on any atom is 0.224 e. The number of carbonyl (C=O) groups excluding carboxylic acids is 1. The third-order valence-corrected chi connectivity index (χ3v) is 5.67. The number of nitrogens with one attached hydrogen (secondary N) is 2. The number of anilines is 1. The van der Waals surface area contributed by atoms with E-state index >= 15 is 0 Å². The Labute approximate surface area is 171 Å². The fourth-order valence-electron chi connectivity index (χ4n) is 4.15. The zero-order valence-electron chi connectivity index (χ0n) is 16.9. The summed E-state index contributed by atoms with van der Waals surface area (Å²) < 4.78 is 11.0. The van der Waals surface area contributed by atoms with Crippen molar-refractivity contribution in [1.82, 2.24) is 15.5 Å². The molecule has 1 amide bonds. The number of benzene rings is 2. The molecular weight excluding hydrogens is 368 g/mol. The Kier molecular flexibility index (Phi) is 5.87. The highest BCUT2D eigenvalue weighted by molar-refractivity contribution is 5.78. The lowest BCUT2D eigenvalue weighted by molar-refractivity contribution is -0.127. The summed E-state index contributed by atoms with van der Waals surface area (Å²) in [6.07, 6.45) is 0.212. The van der Waals surface area contributed by atoms with Gasteiger partial charge < -0.3 is 19.7 Å². The number of nitrogens with zero attached hydrogens (tertiary/aromatic N) is 2. The monoisotopic (exact) mass is 396 g/mol. The van der Waals surface area contributed by atoms with Crippen LogP contribution in [0.25, 0.3) is 0 Å². The van der Waals surface area contributed by atoms with Crippen molar-refractivity contribution in [2.45, 2.75) is 18.8 Å². The third kappa shape index (κ3) is 4.16. The molecule has 2 atom stereocenters. The second-order valence-corrected chi connectivity index (χ2v) is 7.33. The first-order valence-electron chi connectivity index (χ1n) is 10.00. The number of methoxy groups -OCH3 is 2. The highest BCUT2D eigenvalue weighted by atomic mass is 16.5. The Morgan fingerprint density at radius 3 is 2.28 bits per heavy atom. The fourth-order valence-corrected chi connectivity index (χ4v) is 4.15. The molecule has 2 aromatic carbocycles. The first kappa shape index (κ1) is 19.5. The molecule has 2 aromatic rings. The topological polar surface area (TPSA) is 66.1 Å². The lowest BCUT2D eigenvalue weighted by Gasteiger charge is -2.43. The van der Waals surface area contributed by atoms with Gasteiger partial charge in [0.15, 0.2) is 0 Å². The molecule has 0 aromatic heterocycles. The molecule has 154 valence electrons. The van der Waals surface area contributed by atoms with Crippen molar-refractivity contribution < 1.29 is 14.3 Å². The molecule has 0 aliphatic carbocycles. The van der Waals surface area contributed by atoms with Crippen LogP contribution in [0.1, 0.15) is 18.0 Å². The molecule has 2 aliphatic rings. The van der Waals surface area contributed by atoms with Crippen molar-refractivity contribution >= 4 is 11.6 Å². The first-order valence-corrected chi connectivity index (χ1v) is 10.00. The van der Waals surface area contributed by atoms with Crippen molar-refractivity contribution in [1.29, 1.82) is 0 Å². The number of amides is 1. The van der Waals surface area contributed by atoms with E-state index in [1.807, 2.05) is 42.5 Å². The summed E-state index contributed by atoms with van der Waals surface area (Å²) in [4.78, 5) is 17.0. The van der Waals surface area contributed by atoms with E-state index in [1.165, 1.54) is 0 Å². The zero-order chi connectivity index (χ0) is 20.2. The van der Waals surface area contributed by atoms with Gasteiger partial charge in [-0.25, -0.2) is 0 Å². The molecule has 4 rings (SSSR count). The van der Waals surface area contributed by atoms with Crippen molar-refractivity contribution in [2.24, 2.45) is 0 Å². The van der Waals surface area contributed by atoms with Crippen molar-refractivity contribution in [2.75, 3.05) is 45.3 Å². The van der Waals surface area contributed by atoms with Gasteiger partial charge in [-0.05, 0) is 18.2 Å². The Bertz CT molecular complexity index is 851. The molecule has 0 spiro atoms. The van der Waals surface area contributed by atoms with E-state index in [4.69, 9.17) is 9.47 Å². The Morgan fingerprint density at radius 2 is 1.55 bits per heavy atom. The normalized spacial score (nSPS) is 22.8. The minimum absolute atomic E-state index is 0.0526. The van der Waals surface area contributed by atoms with Gasteiger partial charge in [0.2, 0.25) is 5.91 Å². The summed E-state index contributed by atoms with van der Waals surface area (Å²) >= 11 is 0. The van der Waals surface area contributed by atoms with Crippen LogP contribution in [0.4, 0.5) is 5.69 Å². The highest BCUT2D eigenvalue weighted by Crippen LogP contribution is 2.31. The molecule has 2 N–H and O–H groups in total. The minimum atomic E-state index is -0.189. The van der Waals surface area contributed by atoms with Gasteiger partial charge in [-0.3, -0.25) is 15.0 Å². The summed E-state index contributed by atoms with van der Waals surface area (Å²) in [7, 11) is 3.37. The van der Waals surface area contributed by atoms with E-state index in [9.17, 15) is 4.79 Å². The molecule has 2 saturated heterocycles. The summed E-state index contributed by atoms with van der Waals surface area (Å²) in [5.74, 6) is 1.75. The molecule has 2 unspecified atom stereocenters. The average Bonchev–Trinajstić information content (AvgIpc) is 2.78. The van der Waals surface area contributed by atoms with Crippen molar-refractivity contribution in [3.63, 3.8) is 0 Å². The number of rotatable bonds is 5. The molecule has 2 fully saturated rings. The molecule has 7 heteroatoms. The summed E-state index contributed by atoms with van der Waals surface area (Å²) in [6, 6.07) is 15.9. The fraction of sp³-hybridized carbons (Fsp3) is 0.409. The Morgan fingerprint density at radius 1 is 0.897 bits per heavy atom. The number of hydrogen-bond donors (Lipinski definition) is 2. The van der Waals surface area contributed by atoms with E-state index in [-0.39, 0.29) is 18.2 Å². The maximum atomic E-state index is 12.4. The van der Waals surface area contributed by atoms with Crippen LogP contribution in [0, 0.1) is 0 Å². The quantitative estimate of drug-likeness (QED) is 0.806. The van der Waals surface area contributed by atoms with Gasteiger partial charge in [0.1, 0.15) is 17.8 Å². The van der Waals surface area contributed by atoms with E-state index in [0.717, 1.165) is 48.9 Å². The van der Waals surface area contributed by atoms with Crippen molar-refractivity contribution in [3.05, 3.63) is 54.1 Å². The number of para-hydroxylation sites is 3. The van der Waals surface area contributed by atoms with Crippen LogP contribution in [0.3, 0.4) is 0 Å². The van der Waals surface area contributed by atoms with E-state index in [1.54, 1.807) is 14.2 Å². The second kappa shape index (κ2) is 8.71. The largest absolute Gasteiger partial charge is 0.496 e. The Balaban J connectivity index is 1.43. The molecule has 0 radical (unpaired) electrons. The summed E-state index contributed by atoms with van der Waals surface area (Å²) in [6.45, 7) is 3.42. The Hall–Kier alpha value is -2.77. The maximum absolute atomic E-state index is 12.4. The molecule has 0 saturated carbocycles. The molecular formula is C22H28N4O3. The minimum Gasteiger partial charge on any atom is -0.496 e. The second-order valence-electron chi connectivity index (χ2n) is 7.33. The van der Waals surface area contributed by atoms with Crippen LogP contribution >= 0.6 is 0 Å². The van der Waals surface area contributed by atoms with Crippen LogP contribution in [-0.4, -0.2) is 57.5 Å². The highest BCUT2D eigenvalue weighted by Gasteiger charge is 2.33. The lowest BCUT2D eigenvalue weighted by atomic mass is 10.0. The van der Waals surface area contributed by atoms with Crippen molar-refractivity contribution in [3.8, 4) is 11.5 Å². The zero-order valence-corrected chi connectivity index (χ0v) is 16.9. The molecule has 29 heavy (non-hydrogen) atoms. The van der Waals surface area contributed by atoms with Gasteiger partial charge >= 0.3 is 0 Å². The van der Waals surface area contributed by atoms with Gasteiger partial charge in [0, 0.05) is 44.2 Å². The lowest BCUT2D eigenvalue weighted by Crippen LogP contribution is -2.64. The SMILES string of the molecule is COc1ccccc1C1CC(=O)NC(N2CCN(c3ccccc3OC)CC2)N1.